The number of sulfonamides is 1. The van der Waals surface area contributed by atoms with Gasteiger partial charge in [-0.25, -0.2) is 18.4 Å². The van der Waals surface area contributed by atoms with Gasteiger partial charge in [-0.3, -0.25) is 9.82 Å². The largest absolute Gasteiger partial charge is 0.497 e. The van der Waals surface area contributed by atoms with E-state index in [2.05, 4.69) is 24.9 Å². The second kappa shape index (κ2) is 7.92. The van der Waals surface area contributed by atoms with E-state index in [-0.39, 0.29) is 9.92 Å². The number of anilines is 1. The number of H-pyrrole nitrogens is 1. The number of fused-ring (bicyclic) bond motifs is 1. The molecule has 2 aromatic heterocycles. The zero-order valence-corrected chi connectivity index (χ0v) is 17.8. The molecule has 2 aromatic carbocycles. The van der Waals surface area contributed by atoms with Crippen molar-refractivity contribution in [3.63, 3.8) is 0 Å². The molecule has 154 valence electrons. The van der Waals surface area contributed by atoms with Gasteiger partial charge in [-0.15, -0.1) is 0 Å². The molecule has 0 spiro atoms. The van der Waals surface area contributed by atoms with Crippen molar-refractivity contribution in [3.05, 3.63) is 59.4 Å². The number of rotatable bonds is 6. The molecule has 30 heavy (non-hydrogen) atoms. The zero-order chi connectivity index (χ0) is 21.3. The predicted molar refractivity (Wildman–Crippen MR) is 115 cm³/mol. The summed E-state index contributed by atoms with van der Waals surface area (Å²) in [4.78, 5) is 8.93. The number of aryl methyl sites for hydroxylation is 1. The van der Waals surface area contributed by atoms with Crippen molar-refractivity contribution in [3.8, 4) is 17.0 Å². The lowest BCUT2D eigenvalue weighted by Gasteiger charge is -2.11. The van der Waals surface area contributed by atoms with Crippen molar-refractivity contribution >= 4 is 38.5 Å². The van der Waals surface area contributed by atoms with E-state index in [0.29, 0.717) is 22.8 Å². The molecule has 0 fully saturated rings. The molecule has 10 heteroatoms. The highest BCUT2D eigenvalue weighted by Gasteiger charge is 2.19. The monoisotopic (exact) mass is 443 g/mol. The highest BCUT2D eigenvalue weighted by atomic mass is 35.5. The second-order valence-electron chi connectivity index (χ2n) is 6.46. The molecule has 0 aliphatic rings. The highest BCUT2D eigenvalue weighted by Crippen LogP contribution is 2.28. The summed E-state index contributed by atoms with van der Waals surface area (Å²) >= 11 is 6.07. The van der Waals surface area contributed by atoms with Crippen LogP contribution in [0.5, 0.6) is 5.75 Å². The van der Waals surface area contributed by atoms with Crippen molar-refractivity contribution < 1.29 is 13.2 Å². The maximum absolute atomic E-state index is 12.7. The molecule has 0 amide bonds. The molecule has 0 aliphatic carbocycles. The molecular formula is C20H18ClN5O3S. The topological polar surface area (TPSA) is 110 Å². The minimum absolute atomic E-state index is 0.0603. The van der Waals surface area contributed by atoms with E-state index < -0.39 is 10.0 Å². The first-order valence-corrected chi connectivity index (χ1v) is 10.9. The maximum Gasteiger partial charge on any atom is 0.263 e. The Balaban J connectivity index is 1.59. The summed E-state index contributed by atoms with van der Waals surface area (Å²) in [6, 6.07) is 11.3. The van der Waals surface area contributed by atoms with Gasteiger partial charge in [0.1, 0.15) is 16.2 Å². The van der Waals surface area contributed by atoms with Crippen LogP contribution in [0.3, 0.4) is 0 Å². The highest BCUT2D eigenvalue weighted by molar-refractivity contribution is 7.92. The van der Waals surface area contributed by atoms with Crippen molar-refractivity contribution in [1.82, 2.24) is 20.2 Å². The van der Waals surface area contributed by atoms with Crippen LogP contribution in [0.2, 0.25) is 5.02 Å². The fraction of sp³-hybridized carbons (Fsp3) is 0.150. The first kappa shape index (κ1) is 20.1. The van der Waals surface area contributed by atoms with E-state index in [1.165, 1.54) is 19.2 Å². The molecule has 0 saturated carbocycles. The third-order valence-electron chi connectivity index (χ3n) is 4.54. The van der Waals surface area contributed by atoms with Crippen LogP contribution in [0.1, 0.15) is 12.6 Å². The van der Waals surface area contributed by atoms with Gasteiger partial charge in [0, 0.05) is 17.3 Å². The smallest absolute Gasteiger partial charge is 0.263 e. The van der Waals surface area contributed by atoms with Crippen molar-refractivity contribution in [1.29, 1.82) is 0 Å². The summed E-state index contributed by atoms with van der Waals surface area (Å²) < 4.78 is 33.1. The van der Waals surface area contributed by atoms with Crippen molar-refractivity contribution in [2.24, 2.45) is 0 Å². The Kier molecular flexibility index (Phi) is 5.31. The Morgan fingerprint density at radius 3 is 2.63 bits per heavy atom. The molecule has 4 rings (SSSR count). The van der Waals surface area contributed by atoms with Crippen LogP contribution in [0.4, 0.5) is 5.69 Å². The average Bonchev–Trinajstić information content (AvgIpc) is 3.16. The number of methoxy groups -OCH3 is 1. The molecule has 4 aromatic rings. The molecule has 0 unspecified atom stereocenters. The molecular weight excluding hydrogens is 426 g/mol. The number of hydrogen-bond donors (Lipinski definition) is 2. The molecule has 0 saturated heterocycles. The fourth-order valence-electron chi connectivity index (χ4n) is 2.97. The summed E-state index contributed by atoms with van der Waals surface area (Å²) in [6.07, 6.45) is 2.44. The van der Waals surface area contributed by atoms with E-state index >= 15 is 0 Å². The second-order valence-corrected chi connectivity index (χ2v) is 8.51. The molecule has 2 heterocycles. The lowest BCUT2D eigenvalue weighted by atomic mass is 10.1. The molecule has 2 N–H and O–H groups in total. The summed E-state index contributed by atoms with van der Waals surface area (Å²) in [5.74, 6) is 0.397. The Labute approximate surface area is 178 Å². The number of nitrogens with zero attached hydrogens (tertiary/aromatic N) is 3. The Morgan fingerprint density at radius 1 is 1.17 bits per heavy atom. The van der Waals surface area contributed by atoms with Crippen LogP contribution < -0.4 is 9.46 Å². The van der Waals surface area contributed by atoms with Gasteiger partial charge in [0.05, 0.1) is 29.7 Å². The molecule has 8 nitrogen and oxygen atoms in total. The van der Waals surface area contributed by atoms with Crippen LogP contribution in [0.15, 0.2) is 53.6 Å². The van der Waals surface area contributed by atoms with Crippen LogP contribution in [0, 0.1) is 0 Å². The number of aromatic amines is 1. The zero-order valence-electron chi connectivity index (χ0n) is 16.2. The third-order valence-corrected chi connectivity index (χ3v) is 6.40. The normalized spacial score (nSPS) is 11.6. The Bertz CT molecular complexity index is 1320. The van der Waals surface area contributed by atoms with Gasteiger partial charge in [-0.05, 0) is 30.7 Å². The standard InChI is InChI=1S/C20H18ClN5O3S/c1-3-16-19-20(25-24-16)23-17(11-22-19)12-4-6-13(7-5-12)26-30(27,28)18-10-14(29-2)8-9-15(18)21/h4-11,26H,3H2,1-2H3,(H,23,24,25). The van der Waals surface area contributed by atoms with E-state index in [9.17, 15) is 8.42 Å². The van der Waals surface area contributed by atoms with E-state index in [1.54, 1.807) is 36.5 Å². The SMILES string of the molecule is CCc1n[nH]c2nc(-c3ccc(NS(=O)(=O)c4cc(OC)ccc4Cl)cc3)cnc12. The van der Waals surface area contributed by atoms with Gasteiger partial charge in [-0.2, -0.15) is 5.10 Å². The summed E-state index contributed by atoms with van der Waals surface area (Å²) in [6.45, 7) is 2.00. The number of hydrogen-bond acceptors (Lipinski definition) is 6. The van der Waals surface area contributed by atoms with Gasteiger partial charge in [-0.1, -0.05) is 30.7 Å². The van der Waals surface area contributed by atoms with Crippen LogP contribution in [-0.4, -0.2) is 35.7 Å². The van der Waals surface area contributed by atoms with Crippen molar-refractivity contribution in [2.45, 2.75) is 18.2 Å². The van der Waals surface area contributed by atoms with Gasteiger partial charge in [0.25, 0.3) is 10.0 Å². The van der Waals surface area contributed by atoms with E-state index in [0.717, 1.165) is 23.2 Å². The minimum atomic E-state index is -3.89. The molecule has 0 aliphatic heterocycles. The fourth-order valence-corrected chi connectivity index (χ4v) is 4.55. The first-order valence-electron chi connectivity index (χ1n) is 9.08. The number of aromatic nitrogens is 4. The number of nitrogens with one attached hydrogen (secondary N) is 2. The Morgan fingerprint density at radius 2 is 1.93 bits per heavy atom. The summed E-state index contributed by atoms with van der Waals surface area (Å²) in [5, 5.41) is 7.20. The van der Waals surface area contributed by atoms with Gasteiger partial charge in [0.15, 0.2) is 5.65 Å². The van der Waals surface area contributed by atoms with Crippen LogP contribution in [0.25, 0.3) is 22.4 Å². The molecule has 0 radical (unpaired) electrons. The number of halogens is 1. The van der Waals surface area contributed by atoms with E-state index in [4.69, 9.17) is 16.3 Å². The third kappa shape index (κ3) is 3.81. The number of ether oxygens (including phenoxy) is 1. The van der Waals surface area contributed by atoms with Crippen LogP contribution >= 0.6 is 11.6 Å². The average molecular weight is 444 g/mol. The predicted octanol–water partition coefficient (Wildman–Crippen LogP) is 4.05. The maximum atomic E-state index is 12.7. The summed E-state index contributed by atoms with van der Waals surface area (Å²) in [7, 11) is -2.43. The lowest BCUT2D eigenvalue weighted by molar-refractivity contribution is 0.413. The number of benzene rings is 2. The van der Waals surface area contributed by atoms with Gasteiger partial charge in [0.2, 0.25) is 0 Å². The van der Waals surface area contributed by atoms with Crippen molar-refractivity contribution in [2.75, 3.05) is 11.8 Å². The Hall–Kier alpha value is -3.17. The quantitative estimate of drug-likeness (QED) is 0.465. The molecule has 0 atom stereocenters. The lowest BCUT2D eigenvalue weighted by Crippen LogP contribution is -2.13. The minimum Gasteiger partial charge on any atom is -0.497 e. The molecule has 0 bridgehead atoms. The van der Waals surface area contributed by atoms with Gasteiger partial charge < -0.3 is 4.74 Å². The summed E-state index contributed by atoms with van der Waals surface area (Å²) in [5.41, 5.74) is 4.06. The van der Waals surface area contributed by atoms with E-state index in [1.807, 2.05) is 6.92 Å². The first-order chi connectivity index (χ1) is 14.4. The van der Waals surface area contributed by atoms with Gasteiger partial charge >= 0.3 is 0 Å². The van der Waals surface area contributed by atoms with Crippen LogP contribution in [-0.2, 0) is 16.4 Å².